The Balaban J connectivity index is 1.61. The monoisotopic (exact) mass is 303 g/mol. The highest BCUT2D eigenvalue weighted by Gasteiger charge is 2.19. The molecule has 1 N–H and O–H groups in total. The van der Waals surface area contributed by atoms with Crippen LogP contribution in [0.2, 0.25) is 0 Å². The summed E-state index contributed by atoms with van der Waals surface area (Å²) >= 11 is 1.71. The van der Waals surface area contributed by atoms with Crippen LogP contribution in [0.25, 0.3) is 0 Å². The van der Waals surface area contributed by atoms with Crippen LogP contribution in [0.5, 0.6) is 0 Å². The van der Waals surface area contributed by atoms with Crippen molar-refractivity contribution in [2.24, 2.45) is 0 Å². The van der Waals surface area contributed by atoms with Gasteiger partial charge in [-0.3, -0.25) is 0 Å². The van der Waals surface area contributed by atoms with Gasteiger partial charge in [0.15, 0.2) is 5.13 Å². The first kappa shape index (κ1) is 14.3. The molecule has 1 aliphatic heterocycles. The van der Waals surface area contributed by atoms with Crippen LogP contribution in [-0.2, 0) is 0 Å². The molecule has 1 fully saturated rings. The molecule has 1 saturated heterocycles. The molecule has 1 aliphatic rings. The summed E-state index contributed by atoms with van der Waals surface area (Å²) in [6.07, 6.45) is 3.85. The minimum absolute atomic E-state index is 0.341. The minimum atomic E-state index is 0.341. The lowest BCUT2D eigenvalue weighted by molar-refractivity contribution is 0.638. The molecule has 1 unspecified atom stereocenters. The Labute approximate surface area is 129 Å². The third kappa shape index (κ3) is 3.16. The van der Waals surface area contributed by atoms with Crippen molar-refractivity contribution < 1.29 is 0 Å². The predicted molar refractivity (Wildman–Crippen MR) is 88.3 cm³/mol. The number of thiazole rings is 1. The van der Waals surface area contributed by atoms with Gasteiger partial charge in [0, 0.05) is 50.0 Å². The third-order valence-corrected chi connectivity index (χ3v) is 4.83. The highest BCUT2D eigenvalue weighted by Crippen LogP contribution is 2.21. The summed E-state index contributed by atoms with van der Waals surface area (Å²) in [4.78, 5) is 13.7. The van der Waals surface area contributed by atoms with Gasteiger partial charge in [-0.15, -0.1) is 11.3 Å². The standard InChI is InChI=1S/C15H21N5S/c1-12(16-2)13-3-4-14(18-11-13)19-6-8-20(9-7-19)15-17-5-10-21-15/h3-5,10-12,16H,6-9H2,1-2H3. The van der Waals surface area contributed by atoms with Gasteiger partial charge in [0.2, 0.25) is 0 Å². The molecule has 0 aliphatic carbocycles. The van der Waals surface area contributed by atoms with Crippen LogP contribution in [0.4, 0.5) is 10.9 Å². The normalized spacial score (nSPS) is 17.0. The van der Waals surface area contributed by atoms with Gasteiger partial charge >= 0.3 is 0 Å². The van der Waals surface area contributed by atoms with Gasteiger partial charge in [-0.2, -0.15) is 0 Å². The van der Waals surface area contributed by atoms with Gasteiger partial charge in [0.1, 0.15) is 5.82 Å². The van der Waals surface area contributed by atoms with E-state index < -0.39 is 0 Å². The molecule has 0 aromatic carbocycles. The summed E-state index contributed by atoms with van der Waals surface area (Å²) in [6.45, 7) is 6.14. The lowest BCUT2D eigenvalue weighted by Gasteiger charge is -2.35. The van der Waals surface area contributed by atoms with Crippen molar-refractivity contribution in [1.29, 1.82) is 0 Å². The number of rotatable bonds is 4. The zero-order valence-electron chi connectivity index (χ0n) is 12.5. The molecule has 0 radical (unpaired) electrons. The Bertz CT molecular complexity index is 546. The average molecular weight is 303 g/mol. The van der Waals surface area contributed by atoms with Crippen LogP contribution in [0.3, 0.4) is 0 Å². The van der Waals surface area contributed by atoms with Crippen LogP contribution < -0.4 is 15.1 Å². The molecule has 3 heterocycles. The maximum absolute atomic E-state index is 4.61. The highest BCUT2D eigenvalue weighted by molar-refractivity contribution is 7.13. The molecule has 0 bridgehead atoms. The Morgan fingerprint density at radius 3 is 2.48 bits per heavy atom. The van der Waals surface area contributed by atoms with Crippen LogP contribution in [-0.4, -0.2) is 43.2 Å². The first-order valence-corrected chi connectivity index (χ1v) is 8.18. The van der Waals surface area contributed by atoms with Crippen LogP contribution in [0.1, 0.15) is 18.5 Å². The van der Waals surface area contributed by atoms with E-state index in [9.17, 15) is 0 Å². The molecule has 0 spiro atoms. The Morgan fingerprint density at radius 1 is 1.14 bits per heavy atom. The fourth-order valence-electron chi connectivity index (χ4n) is 2.51. The lowest BCUT2D eigenvalue weighted by atomic mass is 10.1. The van der Waals surface area contributed by atoms with Crippen molar-refractivity contribution in [2.75, 3.05) is 43.0 Å². The van der Waals surface area contributed by atoms with E-state index >= 15 is 0 Å². The Kier molecular flexibility index (Phi) is 4.36. The van der Waals surface area contributed by atoms with Crippen molar-refractivity contribution in [3.05, 3.63) is 35.5 Å². The summed E-state index contributed by atoms with van der Waals surface area (Å²) in [5, 5.41) is 6.39. The second-order valence-corrected chi connectivity index (χ2v) is 6.12. The van der Waals surface area contributed by atoms with E-state index in [1.165, 1.54) is 5.56 Å². The van der Waals surface area contributed by atoms with E-state index in [1.807, 2.05) is 24.8 Å². The molecule has 2 aromatic rings. The number of piperazine rings is 1. The number of pyridine rings is 1. The van der Waals surface area contributed by atoms with Crippen molar-refractivity contribution in [3.63, 3.8) is 0 Å². The average Bonchev–Trinajstić information content (AvgIpc) is 3.09. The first-order chi connectivity index (χ1) is 10.3. The molecular weight excluding hydrogens is 282 g/mol. The summed E-state index contributed by atoms with van der Waals surface area (Å²) in [7, 11) is 1.97. The van der Waals surface area contributed by atoms with E-state index in [1.54, 1.807) is 11.3 Å². The maximum atomic E-state index is 4.61. The lowest BCUT2D eigenvalue weighted by Crippen LogP contribution is -2.46. The second kappa shape index (κ2) is 6.41. The van der Waals surface area contributed by atoms with Gasteiger partial charge < -0.3 is 15.1 Å². The zero-order valence-corrected chi connectivity index (χ0v) is 13.3. The van der Waals surface area contributed by atoms with Crippen LogP contribution >= 0.6 is 11.3 Å². The van der Waals surface area contributed by atoms with E-state index in [0.717, 1.165) is 37.1 Å². The first-order valence-electron chi connectivity index (χ1n) is 7.30. The molecule has 1 atom stereocenters. The number of nitrogens with one attached hydrogen (secondary N) is 1. The van der Waals surface area contributed by atoms with Crippen LogP contribution in [0, 0.1) is 0 Å². The highest BCUT2D eigenvalue weighted by atomic mass is 32.1. The maximum Gasteiger partial charge on any atom is 0.185 e. The summed E-state index contributed by atoms with van der Waals surface area (Å²) < 4.78 is 0. The molecule has 3 rings (SSSR count). The van der Waals surface area contributed by atoms with Gasteiger partial charge in [-0.25, -0.2) is 9.97 Å². The fourth-order valence-corrected chi connectivity index (χ4v) is 3.20. The Hall–Kier alpha value is -1.66. The van der Waals surface area contributed by atoms with E-state index in [-0.39, 0.29) is 0 Å². The fraction of sp³-hybridized carbons (Fsp3) is 0.467. The van der Waals surface area contributed by atoms with Gasteiger partial charge in [-0.05, 0) is 25.6 Å². The quantitative estimate of drug-likeness (QED) is 0.937. The number of nitrogens with zero attached hydrogens (tertiary/aromatic N) is 4. The minimum Gasteiger partial charge on any atom is -0.353 e. The number of aromatic nitrogens is 2. The SMILES string of the molecule is CNC(C)c1ccc(N2CCN(c3nccs3)CC2)nc1. The summed E-state index contributed by atoms with van der Waals surface area (Å²) in [5.41, 5.74) is 1.22. The predicted octanol–water partition coefficient (Wildman–Crippen LogP) is 2.15. The summed E-state index contributed by atoms with van der Waals surface area (Å²) in [6, 6.07) is 4.63. The number of hydrogen-bond acceptors (Lipinski definition) is 6. The van der Waals surface area contributed by atoms with Gasteiger partial charge in [-0.1, -0.05) is 6.07 Å². The Morgan fingerprint density at radius 2 is 1.90 bits per heavy atom. The number of hydrogen-bond donors (Lipinski definition) is 1. The van der Waals surface area contributed by atoms with Crippen molar-refractivity contribution in [1.82, 2.24) is 15.3 Å². The summed E-state index contributed by atoms with van der Waals surface area (Å²) in [5.74, 6) is 1.07. The molecular formula is C15H21N5S. The topological polar surface area (TPSA) is 44.3 Å². The third-order valence-electron chi connectivity index (χ3n) is 4.00. The van der Waals surface area contributed by atoms with E-state index in [2.05, 4.69) is 44.1 Å². The van der Waals surface area contributed by atoms with E-state index in [0.29, 0.717) is 6.04 Å². The van der Waals surface area contributed by atoms with Crippen molar-refractivity contribution in [2.45, 2.75) is 13.0 Å². The molecule has 112 valence electrons. The second-order valence-electron chi connectivity index (χ2n) is 5.25. The molecule has 5 nitrogen and oxygen atoms in total. The zero-order chi connectivity index (χ0) is 14.7. The molecule has 0 amide bonds. The largest absolute Gasteiger partial charge is 0.353 e. The smallest absolute Gasteiger partial charge is 0.185 e. The molecule has 21 heavy (non-hydrogen) atoms. The molecule has 6 heteroatoms. The van der Waals surface area contributed by atoms with Crippen molar-refractivity contribution >= 4 is 22.3 Å². The molecule has 0 saturated carbocycles. The van der Waals surface area contributed by atoms with Crippen LogP contribution in [0.15, 0.2) is 29.9 Å². The molecule has 2 aromatic heterocycles. The number of anilines is 2. The van der Waals surface area contributed by atoms with Crippen molar-refractivity contribution in [3.8, 4) is 0 Å². The van der Waals surface area contributed by atoms with Gasteiger partial charge in [0.05, 0.1) is 0 Å². The van der Waals surface area contributed by atoms with E-state index in [4.69, 9.17) is 0 Å². The van der Waals surface area contributed by atoms with Gasteiger partial charge in [0.25, 0.3) is 0 Å².